The lowest BCUT2D eigenvalue weighted by Crippen LogP contribution is -2.40. The highest BCUT2D eigenvalue weighted by Crippen LogP contribution is 1.99. The minimum atomic E-state index is -1.23. The average Bonchev–Trinajstić information content (AvgIpc) is 2.29. The zero-order valence-electron chi connectivity index (χ0n) is 10.4. The Morgan fingerprint density at radius 1 is 1.28 bits per heavy atom. The van der Waals surface area contributed by atoms with Crippen molar-refractivity contribution in [3.8, 4) is 0 Å². The first kappa shape index (κ1) is 16.1. The van der Waals surface area contributed by atoms with Crippen LogP contribution in [-0.4, -0.2) is 34.1 Å². The van der Waals surface area contributed by atoms with Crippen LogP contribution < -0.4 is 5.32 Å². The van der Waals surface area contributed by atoms with Crippen molar-refractivity contribution >= 4 is 17.8 Å². The maximum absolute atomic E-state index is 11.4. The van der Waals surface area contributed by atoms with E-state index in [1.165, 1.54) is 6.08 Å². The molecule has 0 aromatic carbocycles. The normalized spacial score (nSPS) is 12.3. The lowest BCUT2D eigenvalue weighted by atomic mass is 10.1. The van der Waals surface area contributed by atoms with E-state index in [2.05, 4.69) is 5.32 Å². The molecule has 0 rings (SSSR count). The number of carboxylic acid groups (broad SMARTS) is 2. The van der Waals surface area contributed by atoms with Crippen LogP contribution in [0.3, 0.4) is 0 Å². The van der Waals surface area contributed by atoms with Crippen LogP contribution in [-0.2, 0) is 14.4 Å². The van der Waals surface area contributed by atoms with Gasteiger partial charge in [-0.25, -0.2) is 4.79 Å². The molecule has 1 amide bonds. The van der Waals surface area contributed by atoms with Gasteiger partial charge in [-0.3, -0.25) is 9.59 Å². The molecule has 0 heterocycles. The number of amides is 1. The molecule has 0 saturated heterocycles. The van der Waals surface area contributed by atoms with Gasteiger partial charge in [0.1, 0.15) is 6.04 Å². The Balaban J connectivity index is 4.15. The maximum Gasteiger partial charge on any atom is 0.326 e. The summed E-state index contributed by atoms with van der Waals surface area (Å²) in [4.78, 5) is 32.5. The Morgan fingerprint density at radius 3 is 2.44 bits per heavy atom. The molecule has 0 unspecified atom stereocenters. The van der Waals surface area contributed by atoms with Gasteiger partial charge in [-0.2, -0.15) is 0 Å². The van der Waals surface area contributed by atoms with Crippen LogP contribution >= 0.6 is 0 Å². The minimum Gasteiger partial charge on any atom is -0.481 e. The number of unbranched alkanes of at least 4 members (excludes halogenated alkanes) is 2. The van der Waals surface area contributed by atoms with Gasteiger partial charge in [0.25, 0.3) is 0 Å². The lowest BCUT2D eigenvalue weighted by Gasteiger charge is -2.11. The largest absolute Gasteiger partial charge is 0.481 e. The smallest absolute Gasteiger partial charge is 0.326 e. The number of hydrogen-bond donors (Lipinski definition) is 3. The van der Waals surface area contributed by atoms with Crippen molar-refractivity contribution in [2.45, 2.75) is 45.1 Å². The predicted octanol–water partition coefficient (Wildman–Crippen LogP) is 1.17. The first-order valence-corrected chi connectivity index (χ1v) is 5.89. The number of nitrogens with one attached hydrogen (secondary N) is 1. The van der Waals surface area contributed by atoms with Crippen molar-refractivity contribution in [1.82, 2.24) is 5.32 Å². The number of hydrogen-bond acceptors (Lipinski definition) is 3. The number of carboxylic acids is 2. The molecule has 0 aromatic heterocycles. The highest BCUT2D eigenvalue weighted by Gasteiger charge is 2.19. The highest BCUT2D eigenvalue weighted by molar-refractivity contribution is 5.91. The van der Waals surface area contributed by atoms with Crippen LogP contribution in [0.15, 0.2) is 12.2 Å². The molecule has 0 spiro atoms. The fourth-order valence-electron chi connectivity index (χ4n) is 1.26. The number of carbonyl (C=O) groups excluding carboxylic acids is 1. The molecule has 6 nitrogen and oxygen atoms in total. The minimum absolute atomic E-state index is 0.126. The molecule has 3 N–H and O–H groups in total. The van der Waals surface area contributed by atoms with Gasteiger partial charge < -0.3 is 15.5 Å². The van der Waals surface area contributed by atoms with Crippen molar-refractivity contribution in [3.05, 3.63) is 12.2 Å². The lowest BCUT2D eigenvalue weighted by molar-refractivity contribution is -0.142. The predicted molar refractivity (Wildman–Crippen MR) is 65.1 cm³/mol. The second kappa shape index (κ2) is 9.21. The monoisotopic (exact) mass is 257 g/mol. The molecule has 0 fully saturated rings. The van der Waals surface area contributed by atoms with E-state index in [0.717, 1.165) is 19.3 Å². The Bertz CT molecular complexity index is 324. The average molecular weight is 257 g/mol. The third-order valence-corrected chi connectivity index (χ3v) is 2.26. The first-order chi connectivity index (χ1) is 8.47. The summed E-state index contributed by atoms with van der Waals surface area (Å²) in [6.45, 7) is 2.03. The van der Waals surface area contributed by atoms with Gasteiger partial charge in [0.05, 0.1) is 0 Å². The second-order valence-electron chi connectivity index (χ2n) is 3.88. The van der Waals surface area contributed by atoms with Crippen LogP contribution in [0.25, 0.3) is 0 Å². The molecule has 6 heteroatoms. The van der Waals surface area contributed by atoms with Gasteiger partial charge in [0, 0.05) is 6.42 Å². The Hall–Kier alpha value is -1.85. The van der Waals surface area contributed by atoms with Crippen LogP contribution in [0, 0.1) is 0 Å². The molecule has 0 saturated carbocycles. The van der Waals surface area contributed by atoms with Crippen LogP contribution in [0.1, 0.15) is 39.0 Å². The van der Waals surface area contributed by atoms with E-state index in [1.807, 2.05) is 6.92 Å². The summed E-state index contributed by atoms with van der Waals surface area (Å²) < 4.78 is 0. The zero-order valence-corrected chi connectivity index (χ0v) is 10.4. The van der Waals surface area contributed by atoms with Gasteiger partial charge >= 0.3 is 11.9 Å². The van der Waals surface area contributed by atoms with Crippen LogP contribution in [0.4, 0.5) is 0 Å². The first-order valence-electron chi connectivity index (χ1n) is 5.89. The van der Waals surface area contributed by atoms with E-state index >= 15 is 0 Å². The molecule has 102 valence electrons. The van der Waals surface area contributed by atoms with E-state index in [4.69, 9.17) is 10.2 Å². The number of rotatable bonds is 9. The Morgan fingerprint density at radius 2 is 1.94 bits per heavy atom. The number of aliphatic carboxylic acids is 2. The highest BCUT2D eigenvalue weighted by atomic mass is 16.4. The van der Waals surface area contributed by atoms with Gasteiger partial charge in [-0.15, -0.1) is 0 Å². The third-order valence-electron chi connectivity index (χ3n) is 2.26. The van der Waals surface area contributed by atoms with Gasteiger partial charge in [0.2, 0.25) is 5.91 Å². The summed E-state index contributed by atoms with van der Waals surface area (Å²) in [5, 5.41) is 19.5. The summed E-state index contributed by atoms with van der Waals surface area (Å²) in [5.74, 6) is -2.83. The van der Waals surface area contributed by atoms with Crippen LogP contribution in [0.5, 0.6) is 0 Å². The van der Waals surface area contributed by atoms with Gasteiger partial charge in [-0.05, 0) is 18.9 Å². The number of allylic oxidation sites excluding steroid dienone is 1. The molecular formula is C12H19NO5. The van der Waals surface area contributed by atoms with E-state index in [0.29, 0.717) is 0 Å². The van der Waals surface area contributed by atoms with Crippen molar-refractivity contribution in [2.75, 3.05) is 0 Å². The Labute approximate surface area is 106 Å². The van der Waals surface area contributed by atoms with Gasteiger partial charge in [-0.1, -0.05) is 25.8 Å². The molecule has 0 aliphatic rings. The summed E-state index contributed by atoms with van der Waals surface area (Å²) in [6, 6.07) is -1.16. The van der Waals surface area contributed by atoms with Gasteiger partial charge in [0.15, 0.2) is 0 Å². The molecule has 0 radical (unpaired) electrons. The van der Waals surface area contributed by atoms with Crippen molar-refractivity contribution in [2.24, 2.45) is 0 Å². The molecule has 0 bridgehead atoms. The van der Waals surface area contributed by atoms with E-state index in [9.17, 15) is 14.4 Å². The molecule has 18 heavy (non-hydrogen) atoms. The molecule has 0 aromatic rings. The Kier molecular flexibility index (Phi) is 8.26. The molecule has 0 aliphatic heterocycles. The fraction of sp³-hybridized carbons (Fsp3) is 0.583. The van der Waals surface area contributed by atoms with Crippen molar-refractivity contribution in [1.29, 1.82) is 0 Å². The quantitative estimate of drug-likeness (QED) is 0.425. The van der Waals surface area contributed by atoms with Crippen molar-refractivity contribution < 1.29 is 24.6 Å². The van der Waals surface area contributed by atoms with E-state index in [-0.39, 0.29) is 12.8 Å². The third kappa shape index (κ3) is 8.32. The summed E-state index contributed by atoms with van der Waals surface area (Å²) in [6.07, 6.45) is 5.28. The summed E-state index contributed by atoms with van der Waals surface area (Å²) in [7, 11) is 0. The molecule has 1 atom stereocenters. The van der Waals surface area contributed by atoms with E-state index < -0.39 is 23.9 Å². The van der Waals surface area contributed by atoms with Crippen molar-refractivity contribution in [3.63, 3.8) is 0 Å². The topological polar surface area (TPSA) is 104 Å². The SMILES string of the molecule is CCCC/C=C/C(=O)N[C@@H](CCC(=O)O)C(=O)O. The standard InChI is InChI=1S/C12H19NO5/c1-2-3-4-5-6-10(14)13-9(12(17)18)7-8-11(15)16/h5-6,9H,2-4,7-8H2,1H3,(H,13,14)(H,15,16)(H,17,18)/b6-5+/t9-/m0/s1. The van der Waals surface area contributed by atoms with Crippen LogP contribution in [0.2, 0.25) is 0 Å². The van der Waals surface area contributed by atoms with E-state index in [1.54, 1.807) is 6.08 Å². The second-order valence-corrected chi connectivity index (χ2v) is 3.88. The fourth-order valence-corrected chi connectivity index (χ4v) is 1.26. The summed E-state index contributed by atoms with van der Waals surface area (Å²) in [5.41, 5.74) is 0. The zero-order chi connectivity index (χ0) is 14.0. The summed E-state index contributed by atoms with van der Waals surface area (Å²) >= 11 is 0. The number of carbonyl (C=O) groups is 3. The maximum atomic E-state index is 11.4. The molecular weight excluding hydrogens is 238 g/mol. The molecule has 0 aliphatic carbocycles.